The summed E-state index contributed by atoms with van der Waals surface area (Å²) in [6.45, 7) is -0.697. The molecule has 3 N–H and O–H groups in total. The lowest BCUT2D eigenvalue weighted by Crippen LogP contribution is -2.42. The number of anilines is 2. The number of nitro benzene ring substituents is 1. The maximum Gasteiger partial charge on any atom is 0.337 e. The fourth-order valence-corrected chi connectivity index (χ4v) is 3.89. The lowest BCUT2D eigenvalue weighted by molar-refractivity contribution is -0.383. The molecular formula is C21H14ClN3O7. The summed E-state index contributed by atoms with van der Waals surface area (Å²) in [4.78, 5) is 49.1. The molecule has 0 spiro atoms. The Morgan fingerprint density at radius 1 is 1.12 bits per heavy atom. The molecule has 0 atom stereocenters. The smallest absolute Gasteiger partial charge is 0.337 e. The second-order valence-electron chi connectivity index (χ2n) is 6.91. The Labute approximate surface area is 184 Å². The minimum Gasteiger partial charge on any atom is -0.478 e. The number of hydrogen-bond donors (Lipinski definition) is 3. The monoisotopic (exact) mass is 455 g/mol. The minimum absolute atomic E-state index is 0.00499. The molecule has 0 radical (unpaired) electrons. The minimum atomic E-state index is -1.27. The van der Waals surface area contributed by atoms with Crippen molar-refractivity contribution in [3.8, 4) is 0 Å². The quantitative estimate of drug-likeness (QED) is 0.290. The molecule has 0 fully saturated rings. The predicted octanol–water partition coefficient (Wildman–Crippen LogP) is 3.43. The van der Waals surface area contributed by atoms with Crippen LogP contribution in [0, 0.1) is 10.1 Å². The number of imide groups is 1. The van der Waals surface area contributed by atoms with Gasteiger partial charge in [0.2, 0.25) is 0 Å². The largest absolute Gasteiger partial charge is 0.478 e. The van der Waals surface area contributed by atoms with E-state index in [-0.39, 0.29) is 50.4 Å². The molecule has 1 aliphatic rings. The van der Waals surface area contributed by atoms with Gasteiger partial charge < -0.3 is 15.5 Å². The van der Waals surface area contributed by atoms with Gasteiger partial charge in [-0.15, -0.1) is 0 Å². The predicted molar refractivity (Wildman–Crippen MR) is 115 cm³/mol. The molecule has 2 amide bonds. The van der Waals surface area contributed by atoms with Gasteiger partial charge in [-0.25, -0.2) is 4.79 Å². The van der Waals surface area contributed by atoms with Crippen molar-refractivity contribution < 1.29 is 29.5 Å². The zero-order chi connectivity index (χ0) is 23.2. The number of aliphatic hydroxyl groups is 1. The van der Waals surface area contributed by atoms with E-state index in [1.54, 1.807) is 0 Å². The maximum atomic E-state index is 12.9. The van der Waals surface area contributed by atoms with E-state index in [2.05, 4.69) is 5.32 Å². The lowest BCUT2D eigenvalue weighted by Gasteiger charge is -2.27. The molecule has 1 aliphatic heterocycles. The topological polar surface area (TPSA) is 150 Å². The number of carbonyl (C=O) groups is 3. The number of aromatic carboxylic acids is 1. The average molecular weight is 456 g/mol. The standard InChI is InChI=1S/C21H14ClN3O7/c22-15-5-4-10(8-13(15)21(29)30)23-18-11-2-1-3-12-17(11)14(9-16(18)25(31)32)20(28)24(6-7-26)19(12)27/h1-5,8-9,23,26H,6-7H2,(H,29,30). The highest BCUT2D eigenvalue weighted by Gasteiger charge is 2.35. The molecule has 11 heteroatoms. The summed E-state index contributed by atoms with van der Waals surface area (Å²) in [6.07, 6.45) is 0. The van der Waals surface area contributed by atoms with E-state index >= 15 is 0 Å². The summed E-state index contributed by atoms with van der Waals surface area (Å²) >= 11 is 5.90. The van der Waals surface area contributed by atoms with Crippen molar-refractivity contribution in [1.82, 2.24) is 4.90 Å². The molecule has 1 heterocycles. The number of nitrogens with one attached hydrogen (secondary N) is 1. The Bertz CT molecular complexity index is 1340. The molecule has 3 aromatic carbocycles. The number of aliphatic hydroxyl groups excluding tert-OH is 1. The van der Waals surface area contributed by atoms with Crippen LogP contribution in [0.4, 0.5) is 17.1 Å². The summed E-state index contributed by atoms with van der Waals surface area (Å²) in [5.41, 5.74) is -0.319. The number of nitrogens with zero attached hydrogens (tertiary/aromatic N) is 2. The van der Waals surface area contributed by atoms with Gasteiger partial charge in [-0.05, 0) is 24.3 Å². The second kappa shape index (κ2) is 7.91. The Kier molecular flexibility index (Phi) is 5.25. The third kappa shape index (κ3) is 3.31. The first-order valence-corrected chi connectivity index (χ1v) is 9.63. The zero-order valence-corrected chi connectivity index (χ0v) is 16.9. The van der Waals surface area contributed by atoms with E-state index in [1.165, 1.54) is 36.4 Å². The van der Waals surface area contributed by atoms with Gasteiger partial charge in [-0.3, -0.25) is 24.6 Å². The van der Waals surface area contributed by atoms with Crippen LogP contribution in [0.5, 0.6) is 0 Å². The van der Waals surface area contributed by atoms with Crippen LogP contribution >= 0.6 is 11.6 Å². The number of carboxylic acids is 1. The number of carbonyl (C=O) groups excluding carboxylic acids is 2. The molecule has 4 rings (SSSR count). The fourth-order valence-electron chi connectivity index (χ4n) is 3.69. The normalized spacial score (nSPS) is 12.9. The lowest BCUT2D eigenvalue weighted by atomic mass is 9.92. The van der Waals surface area contributed by atoms with Gasteiger partial charge >= 0.3 is 5.97 Å². The van der Waals surface area contributed by atoms with Crippen LogP contribution < -0.4 is 5.32 Å². The van der Waals surface area contributed by atoms with Gasteiger partial charge in [0.15, 0.2) is 0 Å². The van der Waals surface area contributed by atoms with Crippen molar-refractivity contribution >= 4 is 57.2 Å². The zero-order valence-electron chi connectivity index (χ0n) is 16.2. The van der Waals surface area contributed by atoms with Crippen LogP contribution in [-0.2, 0) is 0 Å². The molecule has 162 valence electrons. The van der Waals surface area contributed by atoms with E-state index in [1.807, 2.05) is 0 Å². The molecule has 0 bridgehead atoms. The number of rotatable bonds is 6. The van der Waals surface area contributed by atoms with Crippen LogP contribution in [-0.4, -0.2) is 51.0 Å². The molecular weight excluding hydrogens is 442 g/mol. The molecule has 0 aromatic heterocycles. The number of benzene rings is 3. The third-order valence-corrected chi connectivity index (χ3v) is 5.41. The molecule has 32 heavy (non-hydrogen) atoms. The summed E-state index contributed by atoms with van der Waals surface area (Å²) < 4.78 is 0. The number of amides is 2. The van der Waals surface area contributed by atoms with Crippen LogP contribution in [0.1, 0.15) is 31.1 Å². The maximum absolute atomic E-state index is 12.9. The molecule has 3 aromatic rings. The first-order chi connectivity index (χ1) is 15.2. The van der Waals surface area contributed by atoms with Gasteiger partial charge in [0.05, 0.1) is 34.2 Å². The van der Waals surface area contributed by atoms with Gasteiger partial charge in [0.25, 0.3) is 17.5 Å². The molecule has 0 unspecified atom stereocenters. The second-order valence-corrected chi connectivity index (χ2v) is 7.32. The summed E-state index contributed by atoms with van der Waals surface area (Å²) in [7, 11) is 0. The Morgan fingerprint density at radius 3 is 2.50 bits per heavy atom. The van der Waals surface area contributed by atoms with E-state index < -0.39 is 35.0 Å². The van der Waals surface area contributed by atoms with Crippen molar-refractivity contribution in [3.63, 3.8) is 0 Å². The molecule has 10 nitrogen and oxygen atoms in total. The van der Waals surface area contributed by atoms with Crippen LogP contribution in [0.25, 0.3) is 10.8 Å². The van der Waals surface area contributed by atoms with Gasteiger partial charge in [-0.1, -0.05) is 23.7 Å². The molecule has 0 saturated heterocycles. The summed E-state index contributed by atoms with van der Waals surface area (Å²) in [5.74, 6) is -2.64. The highest BCUT2D eigenvalue weighted by molar-refractivity contribution is 6.33. The Balaban J connectivity index is 1.97. The van der Waals surface area contributed by atoms with Crippen molar-refractivity contribution in [1.29, 1.82) is 0 Å². The van der Waals surface area contributed by atoms with E-state index in [4.69, 9.17) is 11.6 Å². The Hall–Kier alpha value is -4.02. The van der Waals surface area contributed by atoms with Gasteiger partial charge in [-0.2, -0.15) is 0 Å². The van der Waals surface area contributed by atoms with Gasteiger partial charge in [0, 0.05) is 28.1 Å². The van der Waals surface area contributed by atoms with Crippen molar-refractivity contribution in [2.75, 3.05) is 18.5 Å². The fraction of sp³-hybridized carbons (Fsp3) is 0.0952. The molecule has 0 aliphatic carbocycles. The van der Waals surface area contributed by atoms with E-state index in [9.17, 15) is 34.7 Å². The number of halogens is 1. The first-order valence-electron chi connectivity index (χ1n) is 9.25. The number of hydrogen-bond acceptors (Lipinski definition) is 7. The van der Waals surface area contributed by atoms with E-state index in [0.29, 0.717) is 0 Å². The van der Waals surface area contributed by atoms with Crippen molar-refractivity contribution in [3.05, 3.63) is 74.3 Å². The Morgan fingerprint density at radius 2 is 1.84 bits per heavy atom. The number of β-amino-alcohol motifs (C(OH)–C–C–N with tert-alkyl or cyclic N) is 1. The van der Waals surface area contributed by atoms with Crippen LogP contribution in [0.15, 0.2) is 42.5 Å². The number of carboxylic acid groups (broad SMARTS) is 1. The van der Waals surface area contributed by atoms with Crippen LogP contribution in [0.3, 0.4) is 0 Å². The van der Waals surface area contributed by atoms with Crippen molar-refractivity contribution in [2.24, 2.45) is 0 Å². The third-order valence-electron chi connectivity index (χ3n) is 5.08. The summed E-state index contributed by atoms with van der Waals surface area (Å²) in [6, 6.07) is 9.62. The first kappa shape index (κ1) is 21.2. The SMILES string of the molecule is O=C(O)c1cc(Nc2c([N+](=O)[O-])cc3c4c(cccc24)C(=O)N(CCO)C3=O)ccc1Cl. The van der Waals surface area contributed by atoms with Crippen LogP contribution in [0.2, 0.25) is 5.02 Å². The average Bonchev–Trinajstić information content (AvgIpc) is 2.76. The molecule has 0 saturated carbocycles. The highest BCUT2D eigenvalue weighted by atomic mass is 35.5. The highest BCUT2D eigenvalue weighted by Crippen LogP contribution is 2.41. The summed E-state index contributed by atoms with van der Waals surface area (Å²) in [5, 5.41) is 33.7. The van der Waals surface area contributed by atoms with Gasteiger partial charge in [0.1, 0.15) is 5.69 Å². The van der Waals surface area contributed by atoms with E-state index in [0.717, 1.165) is 11.0 Å². The number of nitro groups is 1. The van der Waals surface area contributed by atoms with Crippen molar-refractivity contribution in [2.45, 2.75) is 0 Å².